The first-order valence-corrected chi connectivity index (χ1v) is 11.8. The Balaban J connectivity index is 1.56. The lowest BCUT2D eigenvalue weighted by molar-refractivity contribution is -0.143. The Morgan fingerprint density at radius 1 is 1.25 bits per heavy atom. The van der Waals surface area contributed by atoms with E-state index in [2.05, 4.69) is 6.92 Å². The van der Waals surface area contributed by atoms with Crippen LogP contribution in [0.15, 0.2) is 47.8 Å². The number of ether oxygens (including phenoxy) is 2. The monoisotopic (exact) mass is 470 g/mol. The fraction of sp³-hybridized carbons (Fsp3) is 0.292. The van der Waals surface area contributed by atoms with Crippen molar-refractivity contribution in [3.63, 3.8) is 0 Å². The molecule has 0 aliphatic carbocycles. The molecule has 0 saturated carbocycles. The first kappa shape index (κ1) is 22.3. The molecule has 1 aromatic heterocycles. The Kier molecular flexibility index (Phi) is 7.07. The SMILES string of the molecule is CCCCCOC(=O)CN1C(=O)COc2ccc(-c3csc(-c4ccccc4Cl)n3)cc21. The van der Waals surface area contributed by atoms with E-state index in [1.807, 2.05) is 41.8 Å². The van der Waals surface area contributed by atoms with Gasteiger partial charge in [0.25, 0.3) is 5.91 Å². The predicted molar refractivity (Wildman–Crippen MR) is 126 cm³/mol. The van der Waals surface area contributed by atoms with E-state index < -0.39 is 5.97 Å². The molecule has 6 nitrogen and oxygen atoms in total. The molecule has 1 amide bonds. The summed E-state index contributed by atoms with van der Waals surface area (Å²) < 4.78 is 10.9. The second-order valence-electron chi connectivity index (χ2n) is 7.40. The molecule has 0 atom stereocenters. The maximum absolute atomic E-state index is 12.5. The Labute approximate surface area is 195 Å². The van der Waals surface area contributed by atoms with E-state index in [0.717, 1.165) is 41.1 Å². The van der Waals surface area contributed by atoms with Crippen LogP contribution in [0.1, 0.15) is 26.2 Å². The number of nitrogens with zero attached hydrogens (tertiary/aromatic N) is 2. The molecule has 4 rings (SSSR count). The Morgan fingerprint density at radius 2 is 2.09 bits per heavy atom. The van der Waals surface area contributed by atoms with Crippen LogP contribution in [0, 0.1) is 0 Å². The number of unbranched alkanes of at least 4 members (excludes halogenated alkanes) is 2. The minimum Gasteiger partial charge on any atom is -0.482 e. The van der Waals surface area contributed by atoms with Crippen LogP contribution in [0.2, 0.25) is 5.02 Å². The number of hydrogen-bond acceptors (Lipinski definition) is 6. The predicted octanol–water partition coefficient (Wildman–Crippen LogP) is 5.59. The largest absolute Gasteiger partial charge is 0.482 e. The maximum Gasteiger partial charge on any atom is 0.326 e. The number of fused-ring (bicyclic) bond motifs is 1. The lowest BCUT2D eigenvalue weighted by atomic mass is 10.1. The van der Waals surface area contributed by atoms with Crippen molar-refractivity contribution in [1.82, 2.24) is 4.98 Å². The Bertz CT molecular complexity index is 1130. The van der Waals surface area contributed by atoms with Gasteiger partial charge >= 0.3 is 5.97 Å². The van der Waals surface area contributed by atoms with E-state index >= 15 is 0 Å². The molecule has 2 heterocycles. The van der Waals surface area contributed by atoms with Crippen molar-refractivity contribution in [3.8, 4) is 27.6 Å². The molecule has 32 heavy (non-hydrogen) atoms. The smallest absolute Gasteiger partial charge is 0.326 e. The minimum absolute atomic E-state index is 0.108. The van der Waals surface area contributed by atoms with Gasteiger partial charge < -0.3 is 9.47 Å². The van der Waals surface area contributed by atoms with Crippen molar-refractivity contribution >= 4 is 40.5 Å². The highest BCUT2D eigenvalue weighted by atomic mass is 35.5. The van der Waals surface area contributed by atoms with Crippen molar-refractivity contribution in [1.29, 1.82) is 0 Å². The topological polar surface area (TPSA) is 68.7 Å². The molecule has 1 aliphatic heterocycles. The number of amides is 1. The second kappa shape index (κ2) is 10.1. The summed E-state index contributed by atoms with van der Waals surface area (Å²) in [5.41, 5.74) is 2.98. The number of aromatic nitrogens is 1. The number of carbonyl (C=O) groups excluding carboxylic acids is 2. The lowest BCUT2D eigenvalue weighted by Gasteiger charge is -2.29. The number of halogens is 1. The Morgan fingerprint density at radius 3 is 2.91 bits per heavy atom. The highest BCUT2D eigenvalue weighted by Gasteiger charge is 2.28. The molecular formula is C24H23ClN2O4S. The molecule has 3 aromatic rings. The Hall–Kier alpha value is -2.90. The van der Waals surface area contributed by atoms with Crippen molar-refractivity contribution in [2.75, 3.05) is 24.7 Å². The van der Waals surface area contributed by atoms with Gasteiger partial charge in [0.05, 0.1) is 23.0 Å². The summed E-state index contributed by atoms with van der Waals surface area (Å²) in [5, 5.41) is 3.39. The summed E-state index contributed by atoms with van der Waals surface area (Å²) in [7, 11) is 0. The zero-order valence-electron chi connectivity index (χ0n) is 17.7. The quantitative estimate of drug-likeness (QED) is 0.317. The summed E-state index contributed by atoms with van der Waals surface area (Å²) in [5.74, 6) is -0.161. The van der Waals surface area contributed by atoms with Gasteiger partial charge in [0, 0.05) is 16.5 Å². The summed E-state index contributed by atoms with van der Waals surface area (Å²) in [6, 6.07) is 13.1. The molecule has 0 saturated heterocycles. The zero-order valence-corrected chi connectivity index (χ0v) is 19.2. The molecule has 0 fully saturated rings. The van der Waals surface area contributed by atoms with Gasteiger partial charge in [-0.05, 0) is 30.7 Å². The van der Waals surface area contributed by atoms with Gasteiger partial charge in [-0.2, -0.15) is 0 Å². The number of anilines is 1. The van der Waals surface area contributed by atoms with Gasteiger partial charge in [-0.1, -0.05) is 49.6 Å². The third kappa shape index (κ3) is 4.95. The standard InChI is InChI=1S/C24H23ClN2O4S/c1-2-3-6-11-30-23(29)13-27-20-12-16(9-10-21(20)31-14-22(27)28)19-15-32-24(26-19)17-7-4-5-8-18(17)25/h4-5,7-10,12,15H,2-3,6,11,13-14H2,1H3. The summed E-state index contributed by atoms with van der Waals surface area (Å²) in [4.78, 5) is 30.9. The number of thiazole rings is 1. The van der Waals surface area contributed by atoms with E-state index in [0.29, 0.717) is 23.1 Å². The number of rotatable bonds is 8. The van der Waals surface area contributed by atoms with E-state index in [-0.39, 0.29) is 19.1 Å². The molecule has 0 radical (unpaired) electrons. The van der Waals surface area contributed by atoms with Crippen molar-refractivity contribution in [2.24, 2.45) is 0 Å². The molecule has 0 spiro atoms. The van der Waals surface area contributed by atoms with Crippen LogP contribution in [-0.4, -0.2) is 36.6 Å². The van der Waals surface area contributed by atoms with Crippen LogP contribution in [0.5, 0.6) is 5.75 Å². The molecule has 0 bridgehead atoms. The van der Waals surface area contributed by atoms with Gasteiger partial charge in [-0.3, -0.25) is 14.5 Å². The molecule has 2 aromatic carbocycles. The number of esters is 1. The van der Waals surface area contributed by atoms with Crippen LogP contribution in [0.25, 0.3) is 21.8 Å². The first-order valence-electron chi connectivity index (χ1n) is 10.5. The van der Waals surface area contributed by atoms with E-state index in [9.17, 15) is 9.59 Å². The van der Waals surface area contributed by atoms with Gasteiger partial charge in [0.2, 0.25) is 0 Å². The summed E-state index contributed by atoms with van der Waals surface area (Å²) >= 11 is 7.80. The van der Waals surface area contributed by atoms with Crippen LogP contribution in [0.3, 0.4) is 0 Å². The van der Waals surface area contributed by atoms with Gasteiger partial charge in [-0.15, -0.1) is 11.3 Å². The lowest BCUT2D eigenvalue weighted by Crippen LogP contribution is -2.42. The van der Waals surface area contributed by atoms with Gasteiger partial charge in [-0.25, -0.2) is 4.98 Å². The maximum atomic E-state index is 12.5. The van der Waals surface area contributed by atoms with Gasteiger partial charge in [0.1, 0.15) is 17.3 Å². The van der Waals surface area contributed by atoms with Crippen LogP contribution in [-0.2, 0) is 14.3 Å². The van der Waals surface area contributed by atoms with Gasteiger partial charge in [0.15, 0.2) is 6.61 Å². The van der Waals surface area contributed by atoms with Crippen LogP contribution in [0.4, 0.5) is 5.69 Å². The summed E-state index contributed by atoms with van der Waals surface area (Å²) in [6.45, 7) is 2.19. The van der Waals surface area contributed by atoms with Crippen molar-refractivity contribution < 1.29 is 19.1 Å². The molecule has 1 aliphatic rings. The molecule has 166 valence electrons. The fourth-order valence-corrected chi connectivity index (χ4v) is 4.56. The van der Waals surface area contributed by atoms with Crippen molar-refractivity contribution in [2.45, 2.75) is 26.2 Å². The molecule has 8 heteroatoms. The van der Waals surface area contributed by atoms with Crippen LogP contribution < -0.4 is 9.64 Å². The molecule has 0 N–H and O–H groups in total. The zero-order chi connectivity index (χ0) is 22.5. The van der Waals surface area contributed by atoms with E-state index in [4.69, 9.17) is 26.1 Å². The third-order valence-corrected chi connectivity index (χ3v) is 6.31. The highest BCUT2D eigenvalue weighted by molar-refractivity contribution is 7.13. The average Bonchev–Trinajstić information content (AvgIpc) is 3.29. The number of carbonyl (C=O) groups is 2. The van der Waals surface area contributed by atoms with E-state index in [1.165, 1.54) is 16.2 Å². The second-order valence-corrected chi connectivity index (χ2v) is 8.66. The third-order valence-electron chi connectivity index (χ3n) is 5.10. The molecular weight excluding hydrogens is 448 g/mol. The summed E-state index contributed by atoms with van der Waals surface area (Å²) in [6.07, 6.45) is 2.86. The molecule has 0 unspecified atom stereocenters. The van der Waals surface area contributed by atoms with E-state index in [1.54, 1.807) is 6.07 Å². The normalized spacial score (nSPS) is 12.9. The highest BCUT2D eigenvalue weighted by Crippen LogP contribution is 2.38. The first-order chi connectivity index (χ1) is 15.6. The average molecular weight is 471 g/mol. The van der Waals surface area contributed by atoms with Crippen molar-refractivity contribution in [3.05, 3.63) is 52.9 Å². The number of hydrogen-bond donors (Lipinski definition) is 0. The van der Waals surface area contributed by atoms with Crippen LogP contribution >= 0.6 is 22.9 Å². The fourth-order valence-electron chi connectivity index (χ4n) is 3.41. The minimum atomic E-state index is -0.428. The number of benzene rings is 2.